The maximum absolute atomic E-state index is 12.6. The monoisotopic (exact) mass is 385 g/mol. The molecule has 0 amide bonds. The minimum absolute atomic E-state index is 0.00311. The molecule has 0 N–H and O–H groups in total. The van der Waals surface area contributed by atoms with Gasteiger partial charge in [-0.2, -0.15) is 0 Å². The van der Waals surface area contributed by atoms with Crippen molar-refractivity contribution in [3.63, 3.8) is 0 Å². The minimum Gasteiger partial charge on any atom is -0.461 e. The van der Waals surface area contributed by atoms with Gasteiger partial charge in [0.25, 0.3) is 0 Å². The number of esters is 1. The van der Waals surface area contributed by atoms with Crippen molar-refractivity contribution in [3.05, 3.63) is 96.6 Å². The summed E-state index contributed by atoms with van der Waals surface area (Å²) in [6.07, 6.45) is 3.70. The zero-order valence-electron chi connectivity index (χ0n) is 16.6. The lowest BCUT2D eigenvalue weighted by Gasteiger charge is -2.38. The Morgan fingerprint density at radius 3 is 1.72 bits per heavy atom. The molecule has 1 saturated carbocycles. The van der Waals surface area contributed by atoms with E-state index in [0.717, 1.165) is 31.2 Å². The SMILES string of the molecule is O=C(OCc1ccccc1)C1CCC(N(c2ccccc2)c2ccccc2)CC1. The van der Waals surface area contributed by atoms with Gasteiger partial charge in [-0.25, -0.2) is 0 Å². The summed E-state index contributed by atoms with van der Waals surface area (Å²) in [5, 5.41) is 0. The highest BCUT2D eigenvalue weighted by molar-refractivity contribution is 5.73. The number of nitrogens with zero attached hydrogens (tertiary/aromatic N) is 1. The number of benzene rings is 3. The van der Waals surface area contributed by atoms with Crippen molar-refractivity contribution >= 4 is 17.3 Å². The number of para-hydroxylation sites is 2. The first-order valence-electron chi connectivity index (χ1n) is 10.4. The van der Waals surface area contributed by atoms with Gasteiger partial charge in [0, 0.05) is 17.4 Å². The number of carbonyl (C=O) groups excluding carboxylic acids is 1. The fourth-order valence-corrected chi connectivity index (χ4v) is 4.16. The summed E-state index contributed by atoms with van der Waals surface area (Å²) in [6.45, 7) is 0.361. The molecule has 0 bridgehead atoms. The van der Waals surface area contributed by atoms with E-state index in [2.05, 4.69) is 53.4 Å². The van der Waals surface area contributed by atoms with E-state index < -0.39 is 0 Å². The van der Waals surface area contributed by atoms with E-state index in [1.54, 1.807) is 0 Å². The highest BCUT2D eigenvalue weighted by Crippen LogP contribution is 2.36. The van der Waals surface area contributed by atoms with Crippen LogP contribution in [0.3, 0.4) is 0 Å². The molecule has 0 heterocycles. The lowest BCUT2D eigenvalue weighted by atomic mass is 9.85. The third-order valence-electron chi connectivity index (χ3n) is 5.69. The number of ether oxygens (including phenoxy) is 1. The van der Waals surface area contributed by atoms with Crippen molar-refractivity contribution < 1.29 is 9.53 Å². The van der Waals surface area contributed by atoms with Gasteiger partial charge < -0.3 is 9.64 Å². The van der Waals surface area contributed by atoms with Gasteiger partial charge in [0.2, 0.25) is 0 Å². The highest BCUT2D eigenvalue weighted by Gasteiger charge is 2.31. The Bertz CT molecular complexity index is 848. The standard InChI is InChI=1S/C26H27NO2/c28-26(29-20-21-10-4-1-5-11-21)22-16-18-25(19-17-22)27(23-12-6-2-7-13-23)24-14-8-3-9-15-24/h1-15,22,25H,16-20H2. The van der Waals surface area contributed by atoms with E-state index in [0.29, 0.717) is 12.6 Å². The predicted octanol–water partition coefficient (Wildman–Crippen LogP) is 6.13. The molecule has 0 saturated heterocycles. The zero-order valence-corrected chi connectivity index (χ0v) is 16.6. The van der Waals surface area contributed by atoms with Crippen LogP contribution in [-0.4, -0.2) is 12.0 Å². The Morgan fingerprint density at radius 2 is 1.21 bits per heavy atom. The zero-order chi connectivity index (χ0) is 19.9. The molecule has 4 rings (SSSR count). The maximum atomic E-state index is 12.6. The Labute approximate surface area is 172 Å². The molecule has 29 heavy (non-hydrogen) atoms. The van der Waals surface area contributed by atoms with Crippen LogP contribution in [0.4, 0.5) is 11.4 Å². The normalized spacial score (nSPS) is 18.8. The third kappa shape index (κ3) is 4.86. The summed E-state index contributed by atoms with van der Waals surface area (Å²) >= 11 is 0. The molecule has 0 atom stereocenters. The summed E-state index contributed by atoms with van der Waals surface area (Å²) in [7, 11) is 0. The molecule has 0 radical (unpaired) electrons. The van der Waals surface area contributed by atoms with Gasteiger partial charge in [0.1, 0.15) is 6.61 Å². The molecule has 148 valence electrons. The van der Waals surface area contributed by atoms with Crippen LogP contribution < -0.4 is 4.90 Å². The van der Waals surface area contributed by atoms with Crippen LogP contribution in [0.15, 0.2) is 91.0 Å². The number of hydrogen-bond acceptors (Lipinski definition) is 3. The van der Waals surface area contributed by atoms with Crippen LogP contribution in [0.1, 0.15) is 31.2 Å². The lowest BCUT2D eigenvalue weighted by molar-refractivity contribution is -0.151. The topological polar surface area (TPSA) is 29.5 Å². The molecule has 0 spiro atoms. The van der Waals surface area contributed by atoms with Crippen molar-refractivity contribution in [2.24, 2.45) is 5.92 Å². The van der Waals surface area contributed by atoms with E-state index >= 15 is 0 Å². The van der Waals surface area contributed by atoms with Gasteiger partial charge in [-0.05, 0) is 55.5 Å². The predicted molar refractivity (Wildman–Crippen MR) is 117 cm³/mol. The molecule has 1 aliphatic rings. The lowest BCUT2D eigenvalue weighted by Crippen LogP contribution is -2.36. The summed E-state index contributed by atoms with van der Waals surface area (Å²) in [4.78, 5) is 15.0. The number of rotatable bonds is 6. The van der Waals surface area contributed by atoms with Crippen LogP contribution in [0.5, 0.6) is 0 Å². The maximum Gasteiger partial charge on any atom is 0.309 e. The van der Waals surface area contributed by atoms with E-state index in [9.17, 15) is 4.79 Å². The fourth-order valence-electron chi connectivity index (χ4n) is 4.16. The second kappa shape index (κ2) is 9.42. The molecule has 1 fully saturated rings. The third-order valence-corrected chi connectivity index (χ3v) is 5.69. The Balaban J connectivity index is 1.40. The molecular weight excluding hydrogens is 358 g/mol. The smallest absolute Gasteiger partial charge is 0.309 e. The van der Waals surface area contributed by atoms with Crippen molar-refractivity contribution in [3.8, 4) is 0 Å². The molecule has 1 aliphatic carbocycles. The molecule has 3 heteroatoms. The van der Waals surface area contributed by atoms with Gasteiger partial charge in [-0.3, -0.25) is 4.79 Å². The summed E-state index contributed by atoms with van der Waals surface area (Å²) in [6, 6.07) is 31.3. The average Bonchev–Trinajstić information content (AvgIpc) is 2.80. The van der Waals surface area contributed by atoms with Gasteiger partial charge in [0.05, 0.1) is 5.92 Å². The van der Waals surface area contributed by atoms with Crippen LogP contribution in [0, 0.1) is 5.92 Å². The molecular formula is C26H27NO2. The quantitative estimate of drug-likeness (QED) is 0.478. The Hall–Kier alpha value is -3.07. The Kier molecular flexibility index (Phi) is 6.25. The van der Waals surface area contributed by atoms with Gasteiger partial charge in [-0.1, -0.05) is 66.7 Å². The van der Waals surface area contributed by atoms with E-state index in [-0.39, 0.29) is 11.9 Å². The minimum atomic E-state index is -0.0572. The first-order chi connectivity index (χ1) is 14.3. The Morgan fingerprint density at radius 1 is 0.724 bits per heavy atom. The first kappa shape index (κ1) is 19.3. The van der Waals surface area contributed by atoms with Crippen molar-refractivity contribution in [1.82, 2.24) is 0 Å². The first-order valence-corrected chi connectivity index (χ1v) is 10.4. The van der Waals surface area contributed by atoms with Crippen LogP contribution >= 0.6 is 0 Å². The van der Waals surface area contributed by atoms with Crippen molar-refractivity contribution in [2.75, 3.05) is 4.90 Å². The molecule has 3 aromatic carbocycles. The second-order valence-electron chi connectivity index (χ2n) is 7.64. The molecule has 0 aliphatic heterocycles. The number of carbonyl (C=O) groups is 1. The molecule has 0 unspecified atom stereocenters. The number of anilines is 2. The molecule has 3 nitrogen and oxygen atoms in total. The van der Waals surface area contributed by atoms with Crippen molar-refractivity contribution in [2.45, 2.75) is 38.3 Å². The number of hydrogen-bond donors (Lipinski definition) is 0. The van der Waals surface area contributed by atoms with Crippen LogP contribution in [-0.2, 0) is 16.1 Å². The summed E-state index contributed by atoms with van der Waals surface area (Å²) in [5.74, 6) is -0.0540. The molecule has 3 aromatic rings. The fraction of sp³-hybridized carbons (Fsp3) is 0.269. The highest BCUT2D eigenvalue weighted by atomic mass is 16.5. The van der Waals surface area contributed by atoms with Gasteiger partial charge in [-0.15, -0.1) is 0 Å². The van der Waals surface area contributed by atoms with E-state index in [4.69, 9.17) is 4.74 Å². The van der Waals surface area contributed by atoms with E-state index in [1.807, 2.05) is 42.5 Å². The van der Waals surface area contributed by atoms with Crippen LogP contribution in [0.2, 0.25) is 0 Å². The summed E-state index contributed by atoms with van der Waals surface area (Å²) in [5.41, 5.74) is 3.44. The second-order valence-corrected chi connectivity index (χ2v) is 7.64. The van der Waals surface area contributed by atoms with Gasteiger partial charge in [0.15, 0.2) is 0 Å². The average molecular weight is 386 g/mol. The van der Waals surface area contributed by atoms with Gasteiger partial charge >= 0.3 is 5.97 Å². The largest absolute Gasteiger partial charge is 0.461 e. The summed E-state index contributed by atoms with van der Waals surface area (Å²) < 4.78 is 5.58. The van der Waals surface area contributed by atoms with Crippen LogP contribution in [0.25, 0.3) is 0 Å². The molecule has 0 aromatic heterocycles. The van der Waals surface area contributed by atoms with E-state index in [1.165, 1.54) is 11.4 Å². The van der Waals surface area contributed by atoms with Crippen molar-refractivity contribution in [1.29, 1.82) is 0 Å².